The van der Waals surface area contributed by atoms with Crippen molar-refractivity contribution in [1.82, 2.24) is 10.3 Å². The van der Waals surface area contributed by atoms with Crippen LogP contribution in [0.25, 0.3) is 11.1 Å². The number of hydrogen-bond donors (Lipinski definition) is 1. The number of ether oxygens (including phenoxy) is 2. The molecule has 3 rings (SSSR count). The van der Waals surface area contributed by atoms with E-state index in [9.17, 15) is 0 Å². The van der Waals surface area contributed by atoms with Crippen molar-refractivity contribution in [2.75, 3.05) is 19.7 Å². The average molecular weight is 248 g/mol. The van der Waals surface area contributed by atoms with Crippen LogP contribution in [0, 0.1) is 0 Å². The molecule has 96 valence electrons. The molecule has 0 spiro atoms. The van der Waals surface area contributed by atoms with E-state index < -0.39 is 0 Å². The average Bonchev–Trinajstić information content (AvgIpc) is 2.79. The number of nitrogens with zero attached hydrogens (tertiary/aromatic N) is 1. The Morgan fingerprint density at radius 1 is 1.39 bits per heavy atom. The van der Waals surface area contributed by atoms with Gasteiger partial charge in [-0.1, -0.05) is 12.1 Å². The van der Waals surface area contributed by atoms with Crippen molar-refractivity contribution in [3.05, 3.63) is 24.3 Å². The normalized spacial score (nSPS) is 24.3. The van der Waals surface area contributed by atoms with Crippen LogP contribution in [0.15, 0.2) is 28.7 Å². The Morgan fingerprint density at radius 3 is 3.11 bits per heavy atom. The third kappa shape index (κ3) is 2.47. The third-order valence-corrected chi connectivity index (χ3v) is 2.90. The molecule has 1 N–H and O–H groups in total. The molecule has 1 aromatic heterocycles. The summed E-state index contributed by atoms with van der Waals surface area (Å²) in [6.45, 7) is 4.17. The van der Waals surface area contributed by atoms with E-state index in [4.69, 9.17) is 13.9 Å². The van der Waals surface area contributed by atoms with Crippen molar-refractivity contribution in [1.29, 1.82) is 0 Å². The molecular weight excluding hydrogens is 232 g/mol. The van der Waals surface area contributed by atoms with E-state index in [0.717, 1.165) is 24.2 Å². The van der Waals surface area contributed by atoms with E-state index in [1.807, 2.05) is 31.2 Å². The van der Waals surface area contributed by atoms with Gasteiger partial charge in [0.1, 0.15) is 18.2 Å². The fraction of sp³-hybridized carbons (Fsp3) is 0.462. The predicted octanol–water partition coefficient (Wildman–Crippen LogP) is 1.58. The van der Waals surface area contributed by atoms with Gasteiger partial charge in [0.05, 0.1) is 6.10 Å². The van der Waals surface area contributed by atoms with Crippen LogP contribution in [0.2, 0.25) is 0 Å². The highest BCUT2D eigenvalue weighted by molar-refractivity contribution is 5.72. The van der Waals surface area contributed by atoms with Gasteiger partial charge < -0.3 is 19.2 Å². The highest BCUT2D eigenvalue weighted by Crippen LogP contribution is 2.20. The second-order valence-electron chi connectivity index (χ2n) is 4.49. The zero-order valence-electron chi connectivity index (χ0n) is 10.3. The summed E-state index contributed by atoms with van der Waals surface area (Å²) in [6, 6.07) is 7.60. The fourth-order valence-corrected chi connectivity index (χ4v) is 2.05. The van der Waals surface area contributed by atoms with Gasteiger partial charge in [-0.05, 0) is 19.1 Å². The first-order chi connectivity index (χ1) is 8.81. The maximum absolute atomic E-state index is 5.73. The molecule has 0 aliphatic carbocycles. The first kappa shape index (κ1) is 11.5. The van der Waals surface area contributed by atoms with Crippen molar-refractivity contribution < 1.29 is 13.9 Å². The quantitative estimate of drug-likeness (QED) is 0.893. The van der Waals surface area contributed by atoms with E-state index in [-0.39, 0.29) is 12.2 Å². The van der Waals surface area contributed by atoms with E-state index in [2.05, 4.69) is 10.3 Å². The van der Waals surface area contributed by atoms with Crippen molar-refractivity contribution in [2.45, 2.75) is 19.1 Å². The van der Waals surface area contributed by atoms with Gasteiger partial charge in [0, 0.05) is 13.1 Å². The summed E-state index contributed by atoms with van der Waals surface area (Å²) in [4.78, 5) is 4.25. The second-order valence-corrected chi connectivity index (χ2v) is 4.49. The number of benzene rings is 1. The molecule has 0 amide bonds. The highest BCUT2D eigenvalue weighted by atomic mass is 16.6. The number of rotatable bonds is 3. The van der Waals surface area contributed by atoms with Crippen molar-refractivity contribution in [3.63, 3.8) is 0 Å². The van der Waals surface area contributed by atoms with Crippen molar-refractivity contribution >= 4 is 11.1 Å². The van der Waals surface area contributed by atoms with Gasteiger partial charge in [-0.2, -0.15) is 4.98 Å². The summed E-state index contributed by atoms with van der Waals surface area (Å²) < 4.78 is 16.7. The molecule has 1 fully saturated rings. The minimum atomic E-state index is 0.0452. The standard InChI is InChI=1S/C13H16N2O3/c1-9-6-14-7-10(17-9)8-16-13-15-11-4-2-3-5-12(11)18-13/h2-5,9-10,14H,6-8H2,1H3. The number of hydrogen-bond acceptors (Lipinski definition) is 5. The summed E-state index contributed by atoms with van der Waals surface area (Å²) in [5.41, 5.74) is 1.55. The minimum absolute atomic E-state index is 0.0452. The number of aromatic nitrogens is 1. The van der Waals surface area contributed by atoms with E-state index in [1.54, 1.807) is 0 Å². The van der Waals surface area contributed by atoms with Crippen molar-refractivity contribution in [2.24, 2.45) is 0 Å². The Kier molecular flexibility index (Phi) is 3.17. The van der Waals surface area contributed by atoms with Gasteiger partial charge >= 0.3 is 6.08 Å². The predicted molar refractivity (Wildman–Crippen MR) is 66.7 cm³/mol. The molecule has 1 aliphatic heterocycles. The second kappa shape index (κ2) is 4.96. The summed E-state index contributed by atoms with van der Waals surface area (Å²) in [5, 5.41) is 3.29. The van der Waals surface area contributed by atoms with Gasteiger partial charge in [0.2, 0.25) is 0 Å². The van der Waals surface area contributed by atoms with Gasteiger partial charge in [-0.25, -0.2) is 0 Å². The molecule has 2 unspecified atom stereocenters. The highest BCUT2D eigenvalue weighted by Gasteiger charge is 2.20. The van der Waals surface area contributed by atoms with Crippen LogP contribution in [0.5, 0.6) is 6.08 Å². The van der Waals surface area contributed by atoms with Crippen LogP contribution in [0.3, 0.4) is 0 Å². The fourth-order valence-electron chi connectivity index (χ4n) is 2.05. The molecular formula is C13H16N2O3. The number of fused-ring (bicyclic) bond motifs is 1. The molecule has 2 heterocycles. The Bertz CT molecular complexity index is 493. The molecule has 18 heavy (non-hydrogen) atoms. The Hall–Kier alpha value is -1.59. The van der Waals surface area contributed by atoms with E-state index in [0.29, 0.717) is 12.7 Å². The lowest BCUT2D eigenvalue weighted by atomic mass is 10.2. The first-order valence-corrected chi connectivity index (χ1v) is 6.16. The lowest BCUT2D eigenvalue weighted by Crippen LogP contribution is -2.45. The summed E-state index contributed by atoms with van der Waals surface area (Å²) in [6.07, 6.45) is 0.567. The third-order valence-electron chi connectivity index (χ3n) is 2.90. The summed E-state index contributed by atoms with van der Waals surface area (Å²) in [5.74, 6) is 0. The van der Waals surface area contributed by atoms with Crippen LogP contribution in [-0.4, -0.2) is 36.9 Å². The SMILES string of the molecule is CC1CNCC(COc2nc3ccccc3o2)O1. The van der Waals surface area contributed by atoms with Gasteiger partial charge in [-0.15, -0.1) is 0 Å². The van der Waals surface area contributed by atoms with Crippen LogP contribution < -0.4 is 10.1 Å². The Morgan fingerprint density at radius 2 is 2.28 bits per heavy atom. The van der Waals surface area contributed by atoms with Crippen LogP contribution in [-0.2, 0) is 4.74 Å². The maximum Gasteiger partial charge on any atom is 0.394 e. The number of nitrogens with one attached hydrogen (secondary N) is 1. The smallest absolute Gasteiger partial charge is 0.394 e. The molecule has 1 saturated heterocycles. The van der Waals surface area contributed by atoms with Gasteiger partial charge in [-0.3, -0.25) is 0 Å². The van der Waals surface area contributed by atoms with Crippen LogP contribution in [0.1, 0.15) is 6.92 Å². The topological polar surface area (TPSA) is 56.5 Å². The maximum atomic E-state index is 5.73. The van der Waals surface area contributed by atoms with Crippen LogP contribution >= 0.6 is 0 Å². The number of morpholine rings is 1. The molecule has 5 heteroatoms. The molecule has 5 nitrogen and oxygen atoms in total. The molecule has 1 aliphatic rings. The van der Waals surface area contributed by atoms with E-state index >= 15 is 0 Å². The summed E-state index contributed by atoms with van der Waals surface area (Å²) >= 11 is 0. The first-order valence-electron chi connectivity index (χ1n) is 6.16. The van der Waals surface area contributed by atoms with Crippen LogP contribution in [0.4, 0.5) is 0 Å². The lowest BCUT2D eigenvalue weighted by molar-refractivity contribution is -0.0507. The van der Waals surface area contributed by atoms with Crippen molar-refractivity contribution in [3.8, 4) is 6.08 Å². The van der Waals surface area contributed by atoms with Gasteiger partial charge in [0.25, 0.3) is 0 Å². The van der Waals surface area contributed by atoms with E-state index in [1.165, 1.54) is 0 Å². The Labute approximate surface area is 105 Å². The zero-order chi connectivity index (χ0) is 12.4. The van der Waals surface area contributed by atoms with Gasteiger partial charge in [0.15, 0.2) is 5.58 Å². The Balaban J connectivity index is 1.62. The number of oxazole rings is 1. The molecule has 2 atom stereocenters. The molecule has 2 aromatic rings. The molecule has 0 bridgehead atoms. The summed E-state index contributed by atoms with van der Waals surface area (Å²) in [7, 11) is 0. The zero-order valence-corrected chi connectivity index (χ0v) is 10.3. The lowest BCUT2D eigenvalue weighted by Gasteiger charge is -2.27. The largest absolute Gasteiger partial charge is 0.447 e. The molecule has 0 saturated carbocycles. The monoisotopic (exact) mass is 248 g/mol. The minimum Gasteiger partial charge on any atom is -0.447 e. The number of para-hydroxylation sites is 2. The molecule has 0 radical (unpaired) electrons. The molecule has 1 aromatic carbocycles.